The number of aliphatic imine (C=N–C) groups is 1. The molecule has 0 amide bonds. The van der Waals surface area contributed by atoms with E-state index in [-0.39, 0.29) is 17.9 Å². The van der Waals surface area contributed by atoms with E-state index in [1.165, 1.54) is 0 Å². The number of hydrogen-bond donors (Lipinski definition) is 2. The lowest BCUT2D eigenvalue weighted by atomic mass is 9.94. The molecule has 28 heavy (non-hydrogen) atoms. The molecule has 1 heterocycles. The molecule has 9 heteroatoms. The maximum Gasteiger partial charge on any atom is 0.422 e. The van der Waals surface area contributed by atoms with Gasteiger partial charge in [0, 0.05) is 58.9 Å². The minimum atomic E-state index is -4.38. The van der Waals surface area contributed by atoms with E-state index in [1.807, 2.05) is 6.07 Å². The lowest BCUT2D eigenvalue weighted by molar-refractivity contribution is -0.153. The first-order valence-electron chi connectivity index (χ1n) is 9.13. The second-order valence-corrected chi connectivity index (χ2v) is 6.79. The number of methoxy groups -OCH3 is 1. The molecule has 0 radical (unpaired) electrons. The third-order valence-electron chi connectivity index (χ3n) is 4.70. The van der Waals surface area contributed by atoms with E-state index in [4.69, 9.17) is 14.2 Å². The summed E-state index contributed by atoms with van der Waals surface area (Å²) < 4.78 is 53.5. The SMILES string of the molecule is CN=C(NCc1ccc(C)cc1OCC(F)(F)F)NCC1(OC)CCOCC1. The summed E-state index contributed by atoms with van der Waals surface area (Å²) in [4.78, 5) is 4.17. The van der Waals surface area contributed by atoms with Crippen LogP contribution in [0.2, 0.25) is 0 Å². The van der Waals surface area contributed by atoms with Crippen molar-refractivity contribution in [2.24, 2.45) is 4.99 Å². The Morgan fingerprint density at radius 1 is 1.25 bits per heavy atom. The van der Waals surface area contributed by atoms with Crippen LogP contribution in [-0.4, -0.2) is 58.3 Å². The van der Waals surface area contributed by atoms with Gasteiger partial charge in [-0.15, -0.1) is 0 Å². The smallest absolute Gasteiger partial charge is 0.422 e. The number of alkyl halides is 3. The van der Waals surface area contributed by atoms with Crippen molar-refractivity contribution in [3.8, 4) is 5.75 Å². The average Bonchev–Trinajstić information content (AvgIpc) is 2.67. The largest absolute Gasteiger partial charge is 0.484 e. The predicted octanol–water partition coefficient (Wildman–Crippen LogP) is 2.80. The molecule has 1 aromatic rings. The van der Waals surface area contributed by atoms with Crippen molar-refractivity contribution in [2.45, 2.75) is 38.1 Å². The zero-order valence-corrected chi connectivity index (χ0v) is 16.5. The number of hydrogen-bond acceptors (Lipinski definition) is 4. The Morgan fingerprint density at radius 3 is 2.57 bits per heavy atom. The highest BCUT2D eigenvalue weighted by atomic mass is 19.4. The van der Waals surface area contributed by atoms with Crippen LogP contribution in [0.3, 0.4) is 0 Å². The highest BCUT2D eigenvalue weighted by molar-refractivity contribution is 5.79. The average molecular weight is 403 g/mol. The van der Waals surface area contributed by atoms with Crippen molar-refractivity contribution < 1.29 is 27.4 Å². The number of nitrogens with one attached hydrogen (secondary N) is 2. The van der Waals surface area contributed by atoms with E-state index in [9.17, 15) is 13.2 Å². The van der Waals surface area contributed by atoms with Crippen molar-refractivity contribution in [3.05, 3.63) is 29.3 Å². The topological polar surface area (TPSA) is 64.1 Å². The predicted molar refractivity (Wildman–Crippen MR) is 101 cm³/mol. The van der Waals surface area contributed by atoms with E-state index < -0.39 is 12.8 Å². The quantitative estimate of drug-likeness (QED) is 0.542. The molecule has 1 aliphatic rings. The van der Waals surface area contributed by atoms with E-state index >= 15 is 0 Å². The van der Waals surface area contributed by atoms with Gasteiger partial charge in [-0.2, -0.15) is 13.2 Å². The Hall–Kier alpha value is -2.00. The van der Waals surface area contributed by atoms with E-state index in [0.29, 0.717) is 31.3 Å². The van der Waals surface area contributed by atoms with Crippen LogP contribution in [0.4, 0.5) is 13.2 Å². The van der Waals surface area contributed by atoms with Crippen LogP contribution < -0.4 is 15.4 Å². The standard InChI is InChI=1S/C19H28F3N3O3/c1-14-4-5-15(16(10-14)28-13-19(20,21)22)11-24-17(23-2)25-12-18(26-3)6-8-27-9-7-18/h4-5,10H,6-9,11-13H2,1-3H3,(H2,23,24,25). The van der Waals surface area contributed by atoms with Gasteiger partial charge in [-0.1, -0.05) is 12.1 Å². The van der Waals surface area contributed by atoms with Crippen molar-refractivity contribution in [1.82, 2.24) is 10.6 Å². The Balaban J connectivity index is 1.95. The maximum absolute atomic E-state index is 12.5. The van der Waals surface area contributed by atoms with Crippen LogP contribution >= 0.6 is 0 Å². The summed E-state index contributed by atoms with van der Waals surface area (Å²) in [7, 11) is 3.31. The van der Waals surface area contributed by atoms with Gasteiger partial charge in [0.15, 0.2) is 12.6 Å². The Morgan fingerprint density at radius 2 is 1.96 bits per heavy atom. The van der Waals surface area contributed by atoms with Crippen molar-refractivity contribution in [2.75, 3.05) is 40.5 Å². The molecule has 0 aromatic heterocycles. The molecule has 1 aliphatic heterocycles. The van der Waals surface area contributed by atoms with Gasteiger partial charge in [0.1, 0.15) is 5.75 Å². The molecule has 0 atom stereocenters. The molecular formula is C19H28F3N3O3. The van der Waals surface area contributed by atoms with Gasteiger partial charge in [-0.05, 0) is 18.6 Å². The van der Waals surface area contributed by atoms with Gasteiger partial charge in [-0.25, -0.2) is 0 Å². The van der Waals surface area contributed by atoms with Gasteiger partial charge in [-0.3, -0.25) is 4.99 Å². The van der Waals surface area contributed by atoms with Gasteiger partial charge in [0.2, 0.25) is 0 Å². The molecule has 0 saturated carbocycles. The Bertz CT molecular complexity index is 660. The molecule has 0 spiro atoms. The fourth-order valence-corrected chi connectivity index (χ4v) is 2.94. The third kappa shape index (κ3) is 6.87. The van der Waals surface area contributed by atoms with Crippen LogP contribution in [0.15, 0.2) is 23.2 Å². The van der Waals surface area contributed by atoms with Gasteiger partial charge in [0.05, 0.1) is 5.60 Å². The fraction of sp³-hybridized carbons (Fsp3) is 0.632. The summed E-state index contributed by atoms with van der Waals surface area (Å²) in [6.45, 7) is 2.59. The molecule has 1 fully saturated rings. The van der Waals surface area contributed by atoms with E-state index in [1.54, 1.807) is 33.2 Å². The molecule has 158 valence electrons. The lowest BCUT2D eigenvalue weighted by Crippen LogP contribution is -2.50. The number of rotatable bonds is 7. The van der Waals surface area contributed by atoms with E-state index in [0.717, 1.165) is 18.4 Å². The second kappa shape index (κ2) is 9.97. The molecular weight excluding hydrogens is 375 g/mol. The van der Waals surface area contributed by atoms with Crippen LogP contribution in [0, 0.1) is 6.92 Å². The van der Waals surface area contributed by atoms with Gasteiger partial charge in [0.25, 0.3) is 0 Å². The van der Waals surface area contributed by atoms with Crippen molar-refractivity contribution in [1.29, 1.82) is 0 Å². The first kappa shape index (κ1) is 22.3. The molecule has 2 rings (SSSR count). The molecule has 6 nitrogen and oxygen atoms in total. The zero-order chi connectivity index (χ0) is 20.6. The van der Waals surface area contributed by atoms with Crippen LogP contribution in [0.25, 0.3) is 0 Å². The number of guanidine groups is 1. The van der Waals surface area contributed by atoms with Crippen LogP contribution in [0.5, 0.6) is 5.75 Å². The van der Waals surface area contributed by atoms with Gasteiger partial charge >= 0.3 is 6.18 Å². The fourth-order valence-electron chi connectivity index (χ4n) is 2.94. The highest BCUT2D eigenvalue weighted by Gasteiger charge is 2.32. The Labute approximate surface area is 163 Å². The first-order chi connectivity index (χ1) is 13.3. The zero-order valence-electron chi connectivity index (χ0n) is 16.5. The van der Waals surface area contributed by atoms with Crippen LogP contribution in [0.1, 0.15) is 24.0 Å². The Kier molecular flexibility index (Phi) is 7.94. The monoisotopic (exact) mass is 403 g/mol. The molecule has 1 aromatic carbocycles. The molecule has 0 aliphatic carbocycles. The maximum atomic E-state index is 12.5. The third-order valence-corrected chi connectivity index (χ3v) is 4.70. The highest BCUT2D eigenvalue weighted by Crippen LogP contribution is 2.25. The number of ether oxygens (including phenoxy) is 3. The van der Waals surface area contributed by atoms with E-state index in [2.05, 4.69) is 15.6 Å². The minimum absolute atomic E-state index is 0.207. The van der Waals surface area contributed by atoms with Crippen molar-refractivity contribution >= 4 is 5.96 Å². The second-order valence-electron chi connectivity index (χ2n) is 6.79. The molecule has 1 saturated heterocycles. The molecule has 2 N–H and O–H groups in total. The summed E-state index contributed by atoms with van der Waals surface area (Å²) in [6.07, 6.45) is -2.83. The summed E-state index contributed by atoms with van der Waals surface area (Å²) in [5.74, 6) is 0.739. The summed E-state index contributed by atoms with van der Waals surface area (Å²) in [6, 6.07) is 5.17. The summed E-state index contributed by atoms with van der Waals surface area (Å²) in [5, 5.41) is 6.34. The van der Waals surface area contributed by atoms with Gasteiger partial charge < -0.3 is 24.8 Å². The molecule has 0 bridgehead atoms. The van der Waals surface area contributed by atoms with Crippen molar-refractivity contribution in [3.63, 3.8) is 0 Å². The number of aryl methyl sites for hydroxylation is 1. The van der Waals surface area contributed by atoms with Crippen LogP contribution in [-0.2, 0) is 16.0 Å². The summed E-state index contributed by atoms with van der Waals surface area (Å²) in [5.41, 5.74) is 1.12. The minimum Gasteiger partial charge on any atom is -0.484 e. The molecule has 0 unspecified atom stereocenters. The number of benzene rings is 1. The number of nitrogens with zero attached hydrogens (tertiary/aromatic N) is 1. The summed E-state index contributed by atoms with van der Waals surface area (Å²) >= 11 is 0. The first-order valence-corrected chi connectivity index (χ1v) is 9.13. The number of halogens is 3. The normalized spacial score (nSPS) is 17.3. The lowest BCUT2D eigenvalue weighted by Gasteiger charge is -2.36.